The average Bonchev–Trinajstić information content (AvgIpc) is 2.38. The second-order valence-corrected chi connectivity index (χ2v) is 4.38. The quantitative estimate of drug-likeness (QED) is 0.767. The minimum absolute atomic E-state index is 0.159. The molecule has 0 bridgehead atoms. The number of rotatable bonds is 7. The van der Waals surface area contributed by atoms with Crippen LogP contribution >= 0.6 is 11.6 Å². The fraction of sp³-hybridized carbons (Fsp3) is 0.429. The highest BCUT2D eigenvalue weighted by Crippen LogP contribution is 2.20. The second kappa shape index (κ2) is 8.25. The second-order valence-electron chi connectivity index (χ2n) is 3.97. The maximum Gasteiger partial charge on any atom is 0.148 e. The molecule has 1 rings (SSSR count). The summed E-state index contributed by atoms with van der Waals surface area (Å²) in [6.45, 7) is 4.23. The molecular weight excluding hydrogens is 253 g/mol. The molecule has 0 radical (unpaired) electrons. The van der Waals surface area contributed by atoms with Crippen LogP contribution in [0.5, 0.6) is 0 Å². The van der Waals surface area contributed by atoms with Crippen molar-refractivity contribution in [3.63, 3.8) is 0 Å². The maximum absolute atomic E-state index is 13.7. The zero-order valence-corrected chi connectivity index (χ0v) is 11.6. The van der Waals surface area contributed by atoms with E-state index in [9.17, 15) is 4.39 Å². The number of nitrogens with one attached hydrogen (secondary N) is 1. The lowest BCUT2D eigenvalue weighted by Crippen LogP contribution is -2.21. The van der Waals surface area contributed by atoms with Crippen molar-refractivity contribution >= 4 is 17.7 Å². The molecule has 0 aromatic heterocycles. The lowest BCUT2D eigenvalue weighted by molar-refractivity contribution is 0.200. The lowest BCUT2D eigenvalue weighted by atomic mass is 10.1. The van der Waals surface area contributed by atoms with Crippen LogP contribution in [0.3, 0.4) is 0 Å². The van der Waals surface area contributed by atoms with Gasteiger partial charge in [-0.1, -0.05) is 42.3 Å². The molecule has 0 atom stereocenters. The predicted molar refractivity (Wildman–Crippen MR) is 74.4 cm³/mol. The van der Waals surface area contributed by atoms with Crippen LogP contribution in [-0.4, -0.2) is 26.8 Å². The van der Waals surface area contributed by atoms with E-state index in [2.05, 4.69) is 5.32 Å². The summed E-state index contributed by atoms with van der Waals surface area (Å²) in [5, 5.41) is 3.40. The van der Waals surface area contributed by atoms with E-state index in [4.69, 9.17) is 16.3 Å². The minimum Gasteiger partial charge on any atom is -0.383 e. The van der Waals surface area contributed by atoms with Gasteiger partial charge in [0.1, 0.15) is 5.82 Å². The van der Waals surface area contributed by atoms with Gasteiger partial charge in [-0.25, -0.2) is 4.39 Å². The monoisotopic (exact) mass is 271 g/mol. The summed E-state index contributed by atoms with van der Waals surface area (Å²) in [7, 11) is 1.67. The number of hydrogen-bond acceptors (Lipinski definition) is 2. The van der Waals surface area contributed by atoms with E-state index in [0.29, 0.717) is 12.2 Å². The van der Waals surface area contributed by atoms with Gasteiger partial charge in [-0.05, 0) is 12.5 Å². The fourth-order valence-electron chi connectivity index (χ4n) is 1.55. The Labute approximate surface area is 113 Å². The molecule has 18 heavy (non-hydrogen) atoms. The Bertz CT molecular complexity index is 407. The van der Waals surface area contributed by atoms with E-state index < -0.39 is 0 Å². The molecule has 0 saturated heterocycles. The first-order chi connectivity index (χ1) is 8.69. The van der Waals surface area contributed by atoms with E-state index in [0.717, 1.165) is 25.1 Å². The molecule has 1 N–H and O–H groups in total. The standard InChI is InChI=1S/C14H19ClFNO/c1-3-11(10-17-7-8-18-2)9-12-5-4-6-13(15)14(12)16/h4-6,9,17H,3,7-8,10H2,1-2H3/b11-9-. The fourth-order valence-corrected chi connectivity index (χ4v) is 1.73. The highest BCUT2D eigenvalue weighted by Gasteiger charge is 2.04. The summed E-state index contributed by atoms with van der Waals surface area (Å²) in [5.74, 6) is -0.359. The molecule has 0 fully saturated rings. The van der Waals surface area contributed by atoms with Crippen molar-refractivity contribution in [3.05, 3.63) is 40.2 Å². The highest BCUT2D eigenvalue weighted by molar-refractivity contribution is 6.30. The van der Waals surface area contributed by atoms with E-state index in [1.165, 1.54) is 0 Å². The SMILES string of the molecule is CC/C(=C/c1cccc(Cl)c1F)CNCCOC. The largest absolute Gasteiger partial charge is 0.383 e. The van der Waals surface area contributed by atoms with Gasteiger partial charge >= 0.3 is 0 Å². The molecule has 1 aromatic rings. The Morgan fingerprint density at radius 1 is 1.50 bits per heavy atom. The molecule has 100 valence electrons. The summed E-state index contributed by atoms with van der Waals surface area (Å²) in [6, 6.07) is 5.03. The number of hydrogen-bond donors (Lipinski definition) is 1. The average molecular weight is 272 g/mol. The first kappa shape index (κ1) is 15.2. The van der Waals surface area contributed by atoms with Gasteiger partial charge in [-0.2, -0.15) is 0 Å². The van der Waals surface area contributed by atoms with E-state index in [-0.39, 0.29) is 10.8 Å². The topological polar surface area (TPSA) is 21.3 Å². The molecule has 0 saturated carbocycles. The molecular formula is C14H19ClFNO. The molecule has 0 aliphatic carbocycles. The maximum atomic E-state index is 13.7. The van der Waals surface area contributed by atoms with Crippen LogP contribution in [0.1, 0.15) is 18.9 Å². The molecule has 0 heterocycles. The molecule has 2 nitrogen and oxygen atoms in total. The third-order valence-electron chi connectivity index (χ3n) is 2.63. The Kier molecular flexibility index (Phi) is 6.94. The molecule has 0 aliphatic heterocycles. The van der Waals surface area contributed by atoms with Gasteiger partial charge in [0.15, 0.2) is 0 Å². The van der Waals surface area contributed by atoms with Crippen LogP contribution in [0.4, 0.5) is 4.39 Å². The zero-order valence-electron chi connectivity index (χ0n) is 10.8. The van der Waals surface area contributed by atoms with Gasteiger partial charge in [0.05, 0.1) is 11.6 Å². The third kappa shape index (κ3) is 4.77. The van der Waals surface area contributed by atoms with Crippen molar-refractivity contribution in [2.75, 3.05) is 26.8 Å². The van der Waals surface area contributed by atoms with Crippen LogP contribution < -0.4 is 5.32 Å². The Balaban J connectivity index is 2.68. The van der Waals surface area contributed by atoms with Gasteiger partial charge < -0.3 is 10.1 Å². The highest BCUT2D eigenvalue weighted by atomic mass is 35.5. The molecule has 4 heteroatoms. The third-order valence-corrected chi connectivity index (χ3v) is 2.92. The smallest absolute Gasteiger partial charge is 0.148 e. The van der Waals surface area contributed by atoms with Gasteiger partial charge in [0, 0.05) is 25.8 Å². The van der Waals surface area contributed by atoms with Crippen molar-refractivity contribution in [2.45, 2.75) is 13.3 Å². The number of methoxy groups -OCH3 is 1. The van der Waals surface area contributed by atoms with Gasteiger partial charge in [0.25, 0.3) is 0 Å². The lowest BCUT2D eigenvalue weighted by Gasteiger charge is -2.08. The van der Waals surface area contributed by atoms with E-state index >= 15 is 0 Å². The molecule has 1 aromatic carbocycles. The number of benzene rings is 1. The molecule has 0 unspecified atom stereocenters. The van der Waals surface area contributed by atoms with Gasteiger partial charge in [0.2, 0.25) is 0 Å². The van der Waals surface area contributed by atoms with Crippen LogP contribution in [0.15, 0.2) is 23.8 Å². The van der Waals surface area contributed by atoms with Gasteiger partial charge in [-0.3, -0.25) is 0 Å². The Morgan fingerprint density at radius 2 is 2.28 bits per heavy atom. The van der Waals surface area contributed by atoms with Crippen LogP contribution in [0.2, 0.25) is 5.02 Å². The summed E-state index contributed by atoms with van der Waals surface area (Å²) in [5.41, 5.74) is 1.67. The van der Waals surface area contributed by atoms with Crippen molar-refractivity contribution in [2.24, 2.45) is 0 Å². The van der Waals surface area contributed by atoms with Crippen LogP contribution in [0.25, 0.3) is 6.08 Å². The van der Waals surface area contributed by atoms with Crippen molar-refractivity contribution in [3.8, 4) is 0 Å². The first-order valence-corrected chi connectivity index (χ1v) is 6.40. The minimum atomic E-state index is -0.359. The van der Waals surface area contributed by atoms with Crippen LogP contribution in [0, 0.1) is 5.82 Å². The van der Waals surface area contributed by atoms with Crippen molar-refractivity contribution < 1.29 is 9.13 Å². The van der Waals surface area contributed by atoms with E-state index in [1.807, 2.05) is 13.0 Å². The molecule has 0 amide bonds. The van der Waals surface area contributed by atoms with Crippen molar-refractivity contribution in [1.82, 2.24) is 5.32 Å². The molecule has 0 aliphatic rings. The Hall–Kier alpha value is -0.900. The molecule has 0 spiro atoms. The van der Waals surface area contributed by atoms with Crippen molar-refractivity contribution in [1.29, 1.82) is 0 Å². The normalized spacial score (nSPS) is 11.9. The van der Waals surface area contributed by atoms with Gasteiger partial charge in [-0.15, -0.1) is 0 Å². The van der Waals surface area contributed by atoms with E-state index in [1.54, 1.807) is 25.3 Å². The first-order valence-electron chi connectivity index (χ1n) is 6.02. The summed E-state index contributed by atoms with van der Waals surface area (Å²) in [4.78, 5) is 0. The van der Waals surface area contributed by atoms with Crippen LogP contribution in [-0.2, 0) is 4.74 Å². The predicted octanol–water partition coefficient (Wildman–Crippen LogP) is 3.51. The zero-order chi connectivity index (χ0) is 13.4. The summed E-state index contributed by atoms with van der Waals surface area (Å²) in [6.07, 6.45) is 2.72. The number of halogens is 2. The number of ether oxygens (including phenoxy) is 1. The summed E-state index contributed by atoms with van der Waals surface area (Å²) >= 11 is 5.75. The summed E-state index contributed by atoms with van der Waals surface area (Å²) < 4.78 is 18.7. The Morgan fingerprint density at radius 3 is 2.94 bits per heavy atom.